The first-order valence-electron chi connectivity index (χ1n) is 5.74. The number of nitrogens with zero attached hydrogens (tertiary/aromatic N) is 2. The first-order valence-corrected chi connectivity index (χ1v) is 6.61. The van der Waals surface area contributed by atoms with E-state index >= 15 is 0 Å². The molecule has 0 bridgehead atoms. The molecule has 1 unspecified atom stereocenters. The van der Waals surface area contributed by atoms with Gasteiger partial charge in [0.1, 0.15) is 10.6 Å². The molecule has 1 N–H and O–H groups in total. The molecule has 1 aromatic heterocycles. The van der Waals surface area contributed by atoms with E-state index in [4.69, 9.17) is 0 Å². The molecule has 1 amide bonds. The van der Waals surface area contributed by atoms with E-state index in [2.05, 4.69) is 10.3 Å². The van der Waals surface area contributed by atoms with Gasteiger partial charge in [-0.05, 0) is 13.0 Å². The van der Waals surface area contributed by atoms with Crippen molar-refractivity contribution in [3.05, 3.63) is 56.0 Å². The smallest absolute Gasteiger partial charge is 0.285 e. The first kappa shape index (κ1) is 15.0. The van der Waals surface area contributed by atoms with Gasteiger partial charge in [0.2, 0.25) is 0 Å². The van der Waals surface area contributed by atoms with E-state index in [1.54, 1.807) is 18.5 Å². The molecule has 21 heavy (non-hydrogen) atoms. The van der Waals surface area contributed by atoms with Gasteiger partial charge in [-0.25, -0.2) is 13.8 Å². The molecule has 0 aliphatic carbocycles. The summed E-state index contributed by atoms with van der Waals surface area (Å²) in [4.78, 5) is 25.9. The van der Waals surface area contributed by atoms with E-state index in [9.17, 15) is 23.7 Å². The van der Waals surface area contributed by atoms with Crippen molar-refractivity contribution < 1.29 is 18.5 Å². The van der Waals surface area contributed by atoms with Gasteiger partial charge in [0.15, 0.2) is 11.6 Å². The summed E-state index contributed by atoms with van der Waals surface area (Å²) in [6, 6.07) is 0.389. The maximum absolute atomic E-state index is 13.2. The van der Waals surface area contributed by atoms with Crippen LogP contribution >= 0.6 is 11.3 Å². The summed E-state index contributed by atoms with van der Waals surface area (Å²) in [7, 11) is 0. The third-order valence-corrected chi connectivity index (χ3v) is 3.61. The van der Waals surface area contributed by atoms with Gasteiger partial charge in [-0.15, -0.1) is 11.3 Å². The molecular formula is C12H9F2N3O3S. The molecule has 0 aliphatic rings. The van der Waals surface area contributed by atoms with E-state index in [0.717, 1.165) is 0 Å². The van der Waals surface area contributed by atoms with Gasteiger partial charge in [0.05, 0.1) is 17.0 Å². The van der Waals surface area contributed by atoms with Crippen LogP contribution in [0.5, 0.6) is 0 Å². The van der Waals surface area contributed by atoms with Crippen LogP contribution in [0.2, 0.25) is 0 Å². The molecule has 0 saturated carbocycles. The molecule has 2 aromatic rings. The Morgan fingerprint density at radius 1 is 1.43 bits per heavy atom. The number of nitro benzene ring substituents is 1. The average Bonchev–Trinajstić information content (AvgIpc) is 2.95. The summed E-state index contributed by atoms with van der Waals surface area (Å²) < 4.78 is 26.3. The van der Waals surface area contributed by atoms with E-state index in [-0.39, 0.29) is 0 Å². The predicted octanol–water partition coefficient (Wildman–Crippen LogP) is 2.82. The molecule has 0 aliphatic heterocycles. The molecule has 6 nitrogen and oxygen atoms in total. The van der Waals surface area contributed by atoms with Crippen molar-refractivity contribution in [1.82, 2.24) is 10.3 Å². The molecule has 9 heteroatoms. The number of benzene rings is 1. The number of thiazole rings is 1. The number of carbonyl (C=O) groups excluding carboxylic acids is 1. The summed E-state index contributed by atoms with van der Waals surface area (Å²) in [5, 5.41) is 15.6. The minimum atomic E-state index is -1.38. The maximum Gasteiger partial charge on any atom is 0.285 e. The minimum Gasteiger partial charge on any atom is -0.343 e. The Kier molecular flexibility index (Phi) is 4.22. The highest BCUT2D eigenvalue weighted by molar-refractivity contribution is 7.09. The second-order valence-electron chi connectivity index (χ2n) is 4.11. The number of rotatable bonds is 4. The standard InChI is InChI=1S/C12H9F2N3O3S/c1-6(12-15-2-3-21-12)16-11(18)7-4-8(13)9(14)5-10(7)17(19)20/h2-6H,1H3,(H,16,18). The van der Waals surface area contributed by atoms with Crippen molar-refractivity contribution in [3.63, 3.8) is 0 Å². The molecular weight excluding hydrogens is 304 g/mol. The van der Waals surface area contributed by atoms with Gasteiger partial charge in [0, 0.05) is 11.6 Å². The zero-order valence-corrected chi connectivity index (χ0v) is 11.5. The molecule has 1 atom stereocenters. The molecule has 2 rings (SSSR count). The summed E-state index contributed by atoms with van der Waals surface area (Å²) in [6.07, 6.45) is 1.54. The zero-order chi connectivity index (χ0) is 15.6. The fourth-order valence-corrected chi connectivity index (χ4v) is 2.30. The van der Waals surface area contributed by atoms with Crippen molar-refractivity contribution in [3.8, 4) is 0 Å². The van der Waals surface area contributed by atoms with Crippen molar-refractivity contribution in [2.24, 2.45) is 0 Å². The Hall–Kier alpha value is -2.42. The number of hydrogen-bond donors (Lipinski definition) is 1. The number of hydrogen-bond acceptors (Lipinski definition) is 5. The quantitative estimate of drug-likeness (QED) is 0.694. The lowest BCUT2D eigenvalue weighted by Crippen LogP contribution is -2.27. The highest BCUT2D eigenvalue weighted by Gasteiger charge is 2.25. The van der Waals surface area contributed by atoms with Gasteiger partial charge in [-0.2, -0.15) is 0 Å². The van der Waals surface area contributed by atoms with Crippen LogP contribution in [0.15, 0.2) is 23.7 Å². The van der Waals surface area contributed by atoms with Crippen molar-refractivity contribution in [1.29, 1.82) is 0 Å². The van der Waals surface area contributed by atoms with E-state index in [1.807, 2.05) is 0 Å². The van der Waals surface area contributed by atoms with Crippen LogP contribution in [0.3, 0.4) is 0 Å². The Bertz CT molecular complexity index is 691. The van der Waals surface area contributed by atoms with Gasteiger partial charge in [0.25, 0.3) is 11.6 Å². The summed E-state index contributed by atoms with van der Waals surface area (Å²) in [5.41, 5.74) is -1.33. The number of carbonyl (C=O) groups is 1. The van der Waals surface area contributed by atoms with Crippen LogP contribution in [0.4, 0.5) is 14.5 Å². The van der Waals surface area contributed by atoms with Gasteiger partial charge < -0.3 is 5.32 Å². The molecule has 0 radical (unpaired) electrons. The number of amides is 1. The number of aromatic nitrogens is 1. The molecule has 0 spiro atoms. The first-order chi connectivity index (χ1) is 9.90. The Labute approximate surface area is 121 Å². The highest BCUT2D eigenvalue weighted by Crippen LogP contribution is 2.23. The third-order valence-electron chi connectivity index (χ3n) is 2.65. The highest BCUT2D eigenvalue weighted by atomic mass is 32.1. The second kappa shape index (κ2) is 5.92. The van der Waals surface area contributed by atoms with Gasteiger partial charge in [-0.1, -0.05) is 0 Å². The average molecular weight is 313 g/mol. The molecule has 110 valence electrons. The van der Waals surface area contributed by atoms with E-state index < -0.39 is 39.8 Å². The molecule has 1 heterocycles. The number of nitrogens with one attached hydrogen (secondary N) is 1. The SMILES string of the molecule is CC(NC(=O)c1cc(F)c(F)cc1[N+](=O)[O-])c1nccs1. The maximum atomic E-state index is 13.2. The molecule has 1 aromatic carbocycles. The Morgan fingerprint density at radius 2 is 2.10 bits per heavy atom. The lowest BCUT2D eigenvalue weighted by atomic mass is 10.1. The van der Waals surface area contributed by atoms with Crippen molar-refractivity contribution >= 4 is 22.9 Å². The van der Waals surface area contributed by atoms with E-state index in [0.29, 0.717) is 17.1 Å². The van der Waals surface area contributed by atoms with Crippen LogP contribution in [-0.2, 0) is 0 Å². The summed E-state index contributed by atoms with van der Waals surface area (Å²) in [6.45, 7) is 1.63. The Balaban J connectivity index is 2.30. The van der Waals surface area contributed by atoms with Crippen LogP contribution in [-0.4, -0.2) is 15.8 Å². The molecule has 0 saturated heterocycles. The molecule has 0 fully saturated rings. The second-order valence-corrected chi connectivity index (χ2v) is 5.03. The van der Waals surface area contributed by atoms with Gasteiger partial charge >= 0.3 is 0 Å². The third kappa shape index (κ3) is 3.19. The fraction of sp³-hybridized carbons (Fsp3) is 0.167. The minimum absolute atomic E-state index is 0.387. The normalized spacial score (nSPS) is 12.0. The van der Waals surface area contributed by atoms with Crippen molar-refractivity contribution in [2.45, 2.75) is 13.0 Å². The number of nitro groups is 1. The van der Waals surface area contributed by atoms with Crippen LogP contribution in [0.1, 0.15) is 28.3 Å². The predicted molar refractivity (Wildman–Crippen MR) is 71.0 cm³/mol. The summed E-state index contributed by atoms with van der Waals surface area (Å²) in [5.74, 6) is -3.58. The monoisotopic (exact) mass is 313 g/mol. The van der Waals surface area contributed by atoms with Crippen LogP contribution < -0.4 is 5.32 Å². The summed E-state index contributed by atoms with van der Waals surface area (Å²) >= 11 is 1.29. The topological polar surface area (TPSA) is 85.1 Å². The zero-order valence-electron chi connectivity index (χ0n) is 10.7. The lowest BCUT2D eigenvalue weighted by Gasteiger charge is -2.11. The van der Waals surface area contributed by atoms with Crippen molar-refractivity contribution in [2.75, 3.05) is 0 Å². The fourth-order valence-electron chi connectivity index (χ4n) is 1.65. The number of halogens is 2. The van der Waals surface area contributed by atoms with Crippen LogP contribution in [0.25, 0.3) is 0 Å². The van der Waals surface area contributed by atoms with Gasteiger partial charge in [-0.3, -0.25) is 14.9 Å². The Morgan fingerprint density at radius 3 is 2.67 bits per heavy atom. The van der Waals surface area contributed by atoms with E-state index in [1.165, 1.54) is 11.3 Å². The lowest BCUT2D eigenvalue weighted by molar-refractivity contribution is -0.385. The van der Waals surface area contributed by atoms with Crippen LogP contribution in [0, 0.1) is 21.7 Å². The largest absolute Gasteiger partial charge is 0.343 e.